The fourth-order valence-corrected chi connectivity index (χ4v) is 1.57. The van der Waals surface area contributed by atoms with Gasteiger partial charge in [0, 0.05) is 6.04 Å². The molecule has 0 bridgehead atoms. The maximum Gasteiger partial charge on any atom is 0.315 e. The van der Waals surface area contributed by atoms with Gasteiger partial charge < -0.3 is 20.5 Å². The second kappa shape index (κ2) is 5.85. The maximum atomic E-state index is 11.3. The Morgan fingerprint density at radius 1 is 1.53 bits per heavy atom. The summed E-state index contributed by atoms with van der Waals surface area (Å²) < 4.78 is 0. The number of carboxylic acids is 1. The molecule has 1 atom stereocenters. The number of hydrogen-bond acceptors (Lipinski definition) is 4. The number of aliphatic carboxylic acids is 1. The van der Waals surface area contributed by atoms with Crippen molar-refractivity contribution in [2.45, 2.75) is 31.3 Å². The fraction of sp³-hybridized carbons (Fsp3) is 0.778. The average molecular weight is 231 g/mol. The minimum Gasteiger partial charge on any atom is -0.548 e. The van der Waals surface area contributed by atoms with Crippen LogP contribution in [-0.4, -0.2) is 36.1 Å². The smallest absolute Gasteiger partial charge is 0.315 e. The zero-order chi connectivity index (χ0) is 11.3. The molecule has 0 aromatic heterocycles. The molecule has 86 valence electrons. The van der Waals surface area contributed by atoms with Crippen molar-refractivity contribution in [2.75, 3.05) is 12.0 Å². The van der Waals surface area contributed by atoms with Crippen molar-refractivity contribution in [3.63, 3.8) is 0 Å². The van der Waals surface area contributed by atoms with Gasteiger partial charge in [0.25, 0.3) is 0 Å². The molecule has 0 radical (unpaired) electrons. The quantitative estimate of drug-likeness (QED) is 0.634. The van der Waals surface area contributed by atoms with Crippen molar-refractivity contribution < 1.29 is 14.7 Å². The normalized spacial score (nSPS) is 16.9. The van der Waals surface area contributed by atoms with Gasteiger partial charge in [0.15, 0.2) is 0 Å². The van der Waals surface area contributed by atoms with E-state index in [-0.39, 0.29) is 6.04 Å². The third-order valence-corrected chi connectivity index (χ3v) is 2.76. The third-order valence-electron chi connectivity index (χ3n) is 2.11. The molecule has 1 rings (SSSR count). The fourth-order valence-electron chi connectivity index (χ4n) is 1.10. The molecule has 2 amide bonds. The lowest BCUT2D eigenvalue weighted by molar-refractivity contribution is -0.308. The Labute approximate surface area is 93.0 Å². The van der Waals surface area contributed by atoms with Crippen LogP contribution in [0.1, 0.15) is 19.3 Å². The highest BCUT2D eigenvalue weighted by Crippen LogP contribution is 2.18. The molecule has 0 aromatic carbocycles. The molecule has 0 saturated heterocycles. The second-order valence-corrected chi connectivity index (χ2v) is 4.53. The van der Waals surface area contributed by atoms with E-state index >= 15 is 0 Å². The van der Waals surface area contributed by atoms with E-state index in [1.807, 2.05) is 6.26 Å². The monoisotopic (exact) mass is 231 g/mol. The topological polar surface area (TPSA) is 81.3 Å². The third kappa shape index (κ3) is 4.92. The molecule has 1 aliphatic carbocycles. The van der Waals surface area contributed by atoms with E-state index in [0.717, 1.165) is 12.8 Å². The molecular weight excluding hydrogens is 216 g/mol. The van der Waals surface area contributed by atoms with Crippen molar-refractivity contribution in [3.8, 4) is 0 Å². The van der Waals surface area contributed by atoms with Crippen molar-refractivity contribution in [1.82, 2.24) is 10.6 Å². The second-order valence-electron chi connectivity index (χ2n) is 3.55. The van der Waals surface area contributed by atoms with E-state index in [1.54, 1.807) is 0 Å². The molecule has 0 aromatic rings. The molecule has 0 aliphatic heterocycles. The molecule has 5 nitrogen and oxygen atoms in total. The first-order chi connectivity index (χ1) is 7.13. The van der Waals surface area contributed by atoms with E-state index in [0.29, 0.717) is 12.2 Å². The highest BCUT2D eigenvalue weighted by atomic mass is 32.2. The van der Waals surface area contributed by atoms with E-state index in [1.165, 1.54) is 11.8 Å². The number of carbonyl (C=O) groups is 2. The van der Waals surface area contributed by atoms with Gasteiger partial charge in [-0.1, -0.05) is 0 Å². The molecule has 1 saturated carbocycles. The van der Waals surface area contributed by atoms with Crippen molar-refractivity contribution in [3.05, 3.63) is 0 Å². The number of rotatable bonds is 6. The van der Waals surface area contributed by atoms with Crippen LogP contribution in [0.2, 0.25) is 0 Å². The van der Waals surface area contributed by atoms with Gasteiger partial charge in [-0.25, -0.2) is 4.79 Å². The lowest BCUT2D eigenvalue weighted by Gasteiger charge is -2.19. The Bertz CT molecular complexity index is 244. The molecule has 1 fully saturated rings. The van der Waals surface area contributed by atoms with Crippen LogP contribution in [0.3, 0.4) is 0 Å². The minimum atomic E-state index is -1.23. The molecule has 0 spiro atoms. The first kappa shape index (κ1) is 12.2. The zero-order valence-electron chi connectivity index (χ0n) is 8.62. The van der Waals surface area contributed by atoms with E-state index in [2.05, 4.69) is 10.6 Å². The Morgan fingerprint density at radius 3 is 2.67 bits per heavy atom. The van der Waals surface area contributed by atoms with Gasteiger partial charge >= 0.3 is 6.03 Å². The Balaban J connectivity index is 2.28. The predicted octanol–water partition coefficient (Wildman–Crippen LogP) is -0.680. The van der Waals surface area contributed by atoms with E-state index in [9.17, 15) is 14.7 Å². The van der Waals surface area contributed by atoms with Crippen LogP contribution < -0.4 is 15.7 Å². The number of carbonyl (C=O) groups excluding carboxylic acids is 2. The molecule has 1 aliphatic rings. The van der Waals surface area contributed by atoms with Crippen molar-refractivity contribution >= 4 is 23.8 Å². The lowest BCUT2D eigenvalue weighted by atomic mass is 10.2. The van der Waals surface area contributed by atoms with Gasteiger partial charge in [0.05, 0.1) is 12.0 Å². The van der Waals surface area contributed by atoms with Crippen LogP contribution in [0.15, 0.2) is 0 Å². The molecule has 0 unspecified atom stereocenters. The van der Waals surface area contributed by atoms with Crippen molar-refractivity contribution in [1.29, 1.82) is 0 Å². The Hall–Kier alpha value is -0.910. The molecule has 0 heterocycles. The SMILES string of the molecule is CSCC[C@H](NC(=O)NC1CC1)C(=O)[O-]. The number of urea groups is 1. The number of amides is 2. The van der Waals surface area contributed by atoms with Crippen LogP contribution >= 0.6 is 11.8 Å². The van der Waals surface area contributed by atoms with E-state index < -0.39 is 18.0 Å². The number of carboxylic acid groups (broad SMARTS) is 1. The Kier molecular flexibility index (Phi) is 4.74. The highest BCUT2D eigenvalue weighted by Gasteiger charge is 2.24. The van der Waals surface area contributed by atoms with Crippen LogP contribution in [0.4, 0.5) is 4.79 Å². The summed E-state index contributed by atoms with van der Waals surface area (Å²) in [5, 5.41) is 15.7. The summed E-state index contributed by atoms with van der Waals surface area (Å²) in [4.78, 5) is 21.9. The van der Waals surface area contributed by atoms with Crippen molar-refractivity contribution in [2.24, 2.45) is 0 Å². The summed E-state index contributed by atoms with van der Waals surface area (Å²) in [7, 11) is 0. The molecule has 15 heavy (non-hydrogen) atoms. The van der Waals surface area contributed by atoms with Crippen LogP contribution in [-0.2, 0) is 4.79 Å². The number of nitrogens with one attached hydrogen (secondary N) is 2. The molecular formula is C9H15N2O3S-. The van der Waals surface area contributed by atoms with Gasteiger partial charge in [-0.2, -0.15) is 11.8 Å². The summed E-state index contributed by atoms with van der Waals surface area (Å²) in [5.74, 6) is -0.544. The summed E-state index contributed by atoms with van der Waals surface area (Å²) >= 11 is 1.54. The maximum absolute atomic E-state index is 11.3. The minimum absolute atomic E-state index is 0.230. The van der Waals surface area contributed by atoms with Crippen LogP contribution in [0.25, 0.3) is 0 Å². The van der Waals surface area contributed by atoms with Gasteiger partial charge in [0.1, 0.15) is 0 Å². The summed E-state index contributed by atoms with van der Waals surface area (Å²) in [6.45, 7) is 0. The summed E-state index contributed by atoms with van der Waals surface area (Å²) in [6.07, 6.45) is 4.24. The van der Waals surface area contributed by atoms with E-state index in [4.69, 9.17) is 0 Å². The molecule has 6 heteroatoms. The van der Waals surface area contributed by atoms with Gasteiger partial charge in [-0.3, -0.25) is 0 Å². The standard InChI is InChI=1S/C9H16N2O3S/c1-15-5-4-7(8(12)13)11-9(14)10-6-2-3-6/h6-7H,2-5H2,1H3,(H,12,13)(H2,10,11,14)/p-1/t7-/m0/s1. The Morgan fingerprint density at radius 2 is 2.20 bits per heavy atom. The lowest BCUT2D eigenvalue weighted by Crippen LogP contribution is -2.51. The predicted molar refractivity (Wildman–Crippen MR) is 56.5 cm³/mol. The largest absolute Gasteiger partial charge is 0.548 e. The number of thioether (sulfide) groups is 1. The summed E-state index contributed by atoms with van der Waals surface area (Å²) in [5.41, 5.74) is 0. The van der Waals surface area contributed by atoms with Crippen LogP contribution in [0, 0.1) is 0 Å². The average Bonchev–Trinajstić information content (AvgIpc) is 2.95. The first-order valence-electron chi connectivity index (χ1n) is 4.90. The van der Waals surface area contributed by atoms with Gasteiger partial charge in [-0.05, 0) is 31.3 Å². The van der Waals surface area contributed by atoms with Gasteiger partial charge in [-0.15, -0.1) is 0 Å². The zero-order valence-corrected chi connectivity index (χ0v) is 9.43. The highest BCUT2D eigenvalue weighted by molar-refractivity contribution is 7.98. The molecule has 2 N–H and O–H groups in total. The van der Waals surface area contributed by atoms with Crippen LogP contribution in [0.5, 0.6) is 0 Å². The first-order valence-corrected chi connectivity index (χ1v) is 6.29. The number of hydrogen-bond donors (Lipinski definition) is 2. The summed E-state index contributed by atoms with van der Waals surface area (Å²) in [6, 6.07) is -1.07. The van der Waals surface area contributed by atoms with Gasteiger partial charge in [0.2, 0.25) is 0 Å².